The predicted molar refractivity (Wildman–Crippen MR) is 88.8 cm³/mol. The molecule has 0 amide bonds. The molecule has 122 valence electrons. The number of nitrogens with one attached hydrogen (secondary N) is 2. The zero-order chi connectivity index (χ0) is 16.5. The molecular formula is C17H21FN4O. The van der Waals surface area contributed by atoms with Crippen LogP contribution in [0.5, 0.6) is 5.88 Å². The van der Waals surface area contributed by atoms with Crippen LogP contribution in [0.25, 0.3) is 0 Å². The maximum Gasteiger partial charge on any atom is 0.218 e. The lowest BCUT2D eigenvalue weighted by atomic mass is 10.2. The van der Waals surface area contributed by atoms with Crippen molar-refractivity contribution in [3.05, 3.63) is 59.5 Å². The molecule has 0 radical (unpaired) electrons. The van der Waals surface area contributed by atoms with E-state index in [0.717, 1.165) is 11.1 Å². The van der Waals surface area contributed by atoms with Crippen LogP contribution in [0.15, 0.2) is 47.6 Å². The van der Waals surface area contributed by atoms with Crippen LogP contribution in [0.4, 0.5) is 4.39 Å². The molecule has 5 nitrogen and oxygen atoms in total. The Bertz CT molecular complexity index is 661. The van der Waals surface area contributed by atoms with Crippen molar-refractivity contribution in [2.75, 3.05) is 13.7 Å². The van der Waals surface area contributed by atoms with Gasteiger partial charge in [0.15, 0.2) is 5.96 Å². The lowest BCUT2D eigenvalue weighted by Crippen LogP contribution is -2.36. The van der Waals surface area contributed by atoms with E-state index in [-0.39, 0.29) is 5.82 Å². The largest absolute Gasteiger partial charge is 0.478 e. The topological polar surface area (TPSA) is 58.5 Å². The fraction of sp³-hybridized carbons (Fsp3) is 0.294. The quantitative estimate of drug-likeness (QED) is 0.635. The fourth-order valence-electron chi connectivity index (χ4n) is 2.06. The van der Waals surface area contributed by atoms with Crippen LogP contribution in [0.3, 0.4) is 0 Å². The third-order valence-electron chi connectivity index (χ3n) is 3.15. The first-order chi connectivity index (χ1) is 11.2. The monoisotopic (exact) mass is 316 g/mol. The molecule has 2 aromatic rings. The number of hydrogen-bond donors (Lipinski definition) is 2. The minimum absolute atomic E-state index is 0.246. The molecule has 0 aliphatic heterocycles. The molecule has 23 heavy (non-hydrogen) atoms. The van der Waals surface area contributed by atoms with Crippen LogP contribution in [0.2, 0.25) is 0 Å². The van der Waals surface area contributed by atoms with Gasteiger partial charge in [-0.15, -0.1) is 0 Å². The van der Waals surface area contributed by atoms with Crippen LogP contribution in [-0.2, 0) is 13.1 Å². The molecule has 1 aromatic heterocycles. The Morgan fingerprint density at radius 3 is 2.78 bits per heavy atom. The smallest absolute Gasteiger partial charge is 0.218 e. The maximum atomic E-state index is 13.2. The number of ether oxygens (including phenoxy) is 1. The molecule has 1 heterocycles. The summed E-state index contributed by atoms with van der Waals surface area (Å²) in [6, 6.07) is 10.3. The molecular weight excluding hydrogens is 295 g/mol. The molecule has 0 spiro atoms. The minimum atomic E-state index is -0.246. The van der Waals surface area contributed by atoms with Crippen molar-refractivity contribution >= 4 is 5.96 Å². The fourth-order valence-corrected chi connectivity index (χ4v) is 2.06. The Labute approximate surface area is 135 Å². The van der Waals surface area contributed by atoms with Crippen molar-refractivity contribution in [1.82, 2.24) is 15.6 Å². The van der Waals surface area contributed by atoms with Crippen LogP contribution in [0, 0.1) is 5.82 Å². The number of hydrogen-bond acceptors (Lipinski definition) is 3. The van der Waals surface area contributed by atoms with E-state index >= 15 is 0 Å². The molecule has 0 saturated carbocycles. The predicted octanol–water partition coefficient (Wildman–Crippen LogP) is 2.48. The van der Waals surface area contributed by atoms with Crippen molar-refractivity contribution in [1.29, 1.82) is 0 Å². The summed E-state index contributed by atoms with van der Waals surface area (Å²) >= 11 is 0. The molecule has 0 saturated heterocycles. The van der Waals surface area contributed by atoms with Gasteiger partial charge < -0.3 is 15.4 Å². The average Bonchev–Trinajstić information content (AvgIpc) is 2.57. The number of rotatable bonds is 6. The van der Waals surface area contributed by atoms with Crippen molar-refractivity contribution in [3.8, 4) is 5.88 Å². The lowest BCUT2D eigenvalue weighted by molar-refractivity contribution is 0.322. The summed E-state index contributed by atoms with van der Waals surface area (Å²) in [5.74, 6) is 0.993. The number of halogens is 1. The van der Waals surface area contributed by atoms with E-state index in [2.05, 4.69) is 20.6 Å². The van der Waals surface area contributed by atoms with E-state index < -0.39 is 0 Å². The summed E-state index contributed by atoms with van der Waals surface area (Å²) in [6.07, 6.45) is 1.70. The van der Waals surface area contributed by atoms with Gasteiger partial charge in [-0.1, -0.05) is 18.2 Å². The molecule has 2 rings (SSSR count). The van der Waals surface area contributed by atoms with Gasteiger partial charge >= 0.3 is 0 Å². The van der Waals surface area contributed by atoms with E-state index in [1.807, 2.05) is 25.1 Å². The number of aromatic nitrogens is 1. The first kappa shape index (κ1) is 16.7. The normalized spacial score (nSPS) is 11.2. The lowest BCUT2D eigenvalue weighted by Gasteiger charge is -2.13. The Balaban J connectivity index is 1.90. The third kappa shape index (κ3) is 5.25. The molecule has 2 N–H and O–H groups in total. The summed E-state index contributed by atoms with van der Waals surface area (Å²) < 4.78 is 18.7. The highest BCUT2D eigenvalue weighted by atomic mass is 19.1. The second-order valence-corrected chi connectivity index (χ2v) is 4.81. The van der Waals surface area contributed by atoms with Gasteiger partial charge in [0, 0.05) is 31.9 Å². The number of pyridine rings is 1. The highest BCUT2D eigenvalue weighted by Gasteiger charge is 2.05. The molecule has 0 aliphatic rings. The van der Waals surface area contributed by atoms with Crippen molar-refractivity contribution < 1.29 is 9.13 Å². The van der Waals surface area contributed by atoms with Gasteiger partial charge in [-0.25, -0.2) is 9.37 Å². The van der Waals surface area contributed by atoms with E-state index in [4.69, 9.17) is 4.74 Å². The Morgan fingerprint density at radius 1 is 1.22 bits per heavy atom. The number of aliphatic imine (C=N–C) groups is 1. The van der Waals surface area contributed by atoms with Gasteiger partial charge in [-0.2, -0.15) is 0 Å². The molecule has 0 aliphatic carbocycles. The standard InChI is InChI=1S/C17H21FN4O/c1-3-23-16-14(7-5-9-20-16)12-22-17(19-2)21-11-13-6-4-8-15(18)10-13/h4-10H,3,11-12H2,1-2H3,(H2,19,21,22). The number of guanidine groups is 1. The summed E-state index contributed by atoms with van der Waals surface area (Å²) in [6.45, 7) is 3.51. The molecule has 0 bridgehead atoms. The molecule has 0 fully saturated rings. The van der Waals surface area contributed by atoms with E-state index in [9.17, 15) is 4.39 Å². The van der Waals surface area contributed by atoms with Gasteiger partial charge in [0.2, 0.25) is 5.88 Å². The number of benzene rings is 1. The van der Waals surface area contributed by atoms with Crippen molar-refractivity contribution in [2.24, 2.45) is 4.99 Å². The van der Waals surface area contributed by atoms with Gasteiger partial charge in [0.1, 0.15) is 5.82 Å². The van der Waals surface area contributed by atoms with Crippen LogP contribution < -0.4 is 15.4 Å². The SMILES string of the molecule is CCOc1ncccc1CNC(=NC)NCc1cccc(F)c1. The summed E-state index contributed by atoms with van der Waals surface area (Å²) in [5, 5.41) is 6.34. The zero-order valence-electron chi connectivity index (χ0n) is 13.3. The highest BCUT2D eigenvalue weighted by molar-refractivity contribution is 5.79. The van der Waals surface area contributed by atoms with Gasteiger partial charge in [0.05, 0.1) is 6.61 Å². The third-order valence-corrected chi connectivity index (χ3v) is 3.15. The van der Waals surface area contributed by atoms with Crippen LogP contribution >= 0.6 is 0 Å². The Hall–Kier alpha value is -2.63. The summed E-state index contributed by atoms with van der Waals surface area (Å²) in [5.41, 5.74) is 1.80. The van der Waals surface area contributed by atoms with Gasteiger partial charge in [-0.05, 0) is 30.7 Å². The van der Waals surface area contributed by atoms with Crippen molar-refractivity contribution in [2.45, 2.75) is 20.0 Å². The first-order valence-electron chi connectivity index (χ1n) is 7.48. The highest BCUT2D eigenvalue weighted by Crippen LogP contribution is 2.13. The van der Waals surface area contributed by atoms with E-state index in [1.54, 1.807) is 19.3 Å². The molecule has 0 atom stereocenters. The Kier molecular flexibility index (Phi) is 6.35. The molecule has 0 unspecified atom stereocenters. The van der Waals surface area contributed by atoms with Crippen LogP contribution in [0.1, 0.15) is 18.1 Å². The second-order valence-electron chi connectivity index (χ2n) is 4.81. The molecule has 6 heteroatoms. The number of nitrogens with zero attached hydrogens (tertiary/aromatic N) is 2. The second kappa shape index (κ2) is 8.73. The average molecular weight is 316 g/mol. The summed E-state index contributed by atoms with van der Waals surface area (Å²) in [7, 11) is 1.69. The van der Waals surface area contributed by atoms with Crippen molar-refractivity contribution in [3.63, 3.8) is 0 Å². The van der Waals surface area contributed by atoms with E-state index in [0.29, 0.717) is 31.5 Å². The zero-order valence-corrected chi connectivity index (χ0v) is 13.3. The van der Waals surface area contributed by atoms with E-state index in [1.165, 1.54) is 12.1 Å². The Morgan fingerprint density at radius 2 is 2.04 bits per heavy atom. The van der Waals surface area contributed by atoms with Gasteiger partial charge in [-0.3, -0.25) is 4.99 Å². The van der Waals surface area contributed by atoms with Crippen LogP contribution in [-0.4, -0.2) is 24.6 Å². The summed E-state index contributed by atoms with van der Waals surface area (Å²) in [4.78, 5) is 8.37. The minimum Gasteiger partial charge on any atom is -0.478 e. The maximum absolute atomic E-state index is 13.2. The van der Waals surface area contributed by atoms with Gasteiger partial charge in [0.25, 0.3) is 0 Å². The first-order valence-corrected chi connectivity index (χ1v) is 7.48. The molecule has 1 aromatic carbocycles.